The number of rotatable bonds is 5. The van der Waals surface area contributed by atoms with Crippen LogP contribution in [0, 0.1) is 0 Å². The van der Waals surface area contributed by atoms with Crippen molar-refractivity contribution in [2.45, 2.75) is 12.5 Å². The molecule has 2 aromatic heterocycles. The van der Waals surface area contributed by atoms with Crippen LogP contribution >= 0.6 is 11.3 Å². The highest BCUT2D eigenvalue weighted by Crippen LogP contribution is 2.30. The lowest BCUT2D eigenvalue weighted by atomic mass is 10.0. The van der Waals surface area contributed by atoms with E-state index in [1.165, 1.54) is 10.9 Å². The molecule has 3 N–H and O–H groups in total. The average Bonchev–Trinajstić information content (AvgIpc) is 3.01. The van der Waals surface area contributed by atoms with Crippen molar-refractivity contribution in [2.24, 2.45) is 5.84 Å². The Balaban J connectivity index is 1.92. The van der Waals surface area contributed by atoms with Gasteiger partial charge in [-0.2, -0.15) is 0 Å². The predicted molar refractivity (Wildman–Crippen MR) is 86.4 cm³/mol. The molecule has 4 nitrogen and oxygen atoms in total. The average molecular weight is 299 g/mol. The van der Waals surface area contributed by atoms with E-state index in [4.69, 9.17) is 10.6 Å². The Kier molecular flexibility index (Phi) is 4.15. The van der Waals surface area contributed by atoms with E-state index in [1.807, 2.05) is 35.8 Å². The lowest BCUT2D eigenvalue weighted by molar-refractivity contribution is 0.415. The summed E-state index contributed by atoms with van der Waals surface area (Å²) < 4.78 is 5.24. The Morgan fingerprint density at radius 2 is 2.19 bits per heavy atom. The molecule has 0 bridgehead atoms. The van der Waals surface area contributed by atoms with Gasteiger partial charge in [0.15, 0.2) is 0 Å². The van der Waals surface area contributed by atoms with E-state index in [2.05, 4.69) is 22.5 Å². The van der Waals surface area contributed by atoms with Crippen molar-refractivity contribution in [3.05, 3.63) is 58.4 Å². The van der Waals surface area contributed by atoms with Crippen molar-refractivity contribution in [1.82, 2.24) is 10.4 Å². The van der Waals surface area contributed by atoms with Crippen LogP contribution in [0.5, 0.6) is 5.75 Å². The van der Waals surface area contributed by atoms with E-state index in [-0.39, 0.29) is 6.04 Å². The Labute approximate surface area is 127 Å². The number of nitrogens with one attached hydrogen (secondary N) is 1. The molecule has 0 radical (unpaired) electrons. The summed E-state index contributed by atoms with van der Waals surface area (Å²) in [7, 11) is 1.67. The van der Waals surface area contributed by atoms with Crippen LogP contribution < -0.4 is 16.0 Å². The van der Waals surface area contributed by atoms with Gasteiger partial charge in [0.25, 0.3) is 0 Å². The second-order valence-electron chi connectivity index (χ2n) is 4.80. The summed E-state index contributed by atoms with van der Waals surface area (Å²) in [4.78, 5) is 5.56. The molecule has 1 aromatic carbocycles. The molecule has 0 aliphatic heterocycles. The maximum atomic E-state index is 5.75. The third kappa shape index (κ3) is 2.90. The van der Waals surface area contributed by atoms with Gasteiger partial charge in [0.2, 0.25) is 0 Å². The molecule has 0 aliphatic carbocycles. The molecule has 0 saturated heterocycles. The van der Waals surface area contributed by atoms with Gasteiger partial charge < -0.3 is 4.74 Å². The molecule has 3 rings (SSSR count). The molecular weight excluding hydrogens is 282 g/mol. The monoisotopic (exact) mass is 299 g/mol. The summed E-state index contributed by atoms with van der Waals surface area (Å²) >= 11 is 1.65. The zero-order valence-electron chi connectivity index (χ0n) is 11.7. The molecule has 21 heavy (non-hydrogen) atoms. The first-order valence-corrected chi connectivity index (χ1v) is 7.61. The molecule has 5 heteroatoms. The summed E-state index contributed by atoms with van der Waals surface area (Å²) in [6.07, 6.45) is 2.66. The number of benzene rings is 1. The largest absolute Gasteiger partial charge is 0.496 e. The number of nitrogens with zero attached hydrogens (tertiary/aromatic N) is 1. The minimum atomic E-state index is 0.0599. The van der Waals surface area contributed by atoms with E-state index in [0.717, 1.165) is 22.6 Å². The first-order valence-electron chi connectivity index (χ1n) is 6.73. The van der Waals surface area contributed by atoms with Crippen LogP contribution in [0.25, 0.3) is 10.9 Å². The Bertz CT molecular complexity index is 736. The third-order valence-electron chi connectivity index (χ3n) is 3.54. The fraction of sp³-hybridized carbons (Fsp3) is 0.188. The normalized spacial score (nSPS) is 12.5. The molecule has 2 heterocycles. The highest BCUT2D eigenvalue weighted by Gasteiger charge is 2.15. The predicted octanol–water partition coefficient (Wildman–Crippen LogP) is 3.05. The molecule has 0 amide bonds. The van der Waals surface area contributed by atoms with Gasteiger partial charge in [-0.3, -0.25) is 16.3 Å². The Morgan fingerprint density at radius 3 is 2.95 bits per heavy atom. The van der Waals surface area contributed by atoms with Gasteiger partial charge in [-0.15, -0.1) is 11.3 Å². The van der Waals surface area contributed by atoms with Crippen molar-refractivity contribution in [1.29, 1.82) is 0 Å². The van der Waals surface area contributed by atoms with Crippen LogP contribution in [-0.4, -0.2) is 12.1 Å². The number of hydrogen-bond donors (Lipinski definition) is 2. The van der Waals surface area contributed by atoms with Crippen LogP contribution in [0.2, 0.25) is 0 Å². The maximum absolute atomic E-state index is 5.75. The second-order valence-corrected chi connectivity index (χ2v) is 5.74. The van der Waals surface area contributed by atoms with Crippen LogP contribution in [0.3, 0.4) is 0 Å². The van der Waals surface area contributed by atoms with Crippen LogP contribution in [0.1, 0.15) is 16.5 Å². The van der Waals surface area contributed by atoms with E-state index >= 15 is 0 Å². The zero-order chi connectivity index (χ0) is 14.7. The minimum Gasteiger partial charge on any atom is -0.496 e. The summed E-state index contributed by atoms with van der Waals surface area (Å²) in [5, 5.41) is 3.16. The molecule has 0 saturated carbocycles. The van der Waals surface area contributed by atoms with Gasteiger partial charge in [-0.1, -0.05) is 18.2 Å². The van der Waals surface area contributed by atoms with Gasteiger partial charge in [0.05, 0.1) is 18.7 Å². The third-order valence-corrected chi connectivity index (χ3v) is 4.56. The Hall–Kier alpha value is -1.95. The number of aromatic nitrogens is 1. The SMILES string of the molecule is COc1csc(C(Cc2ccnc3ccccc23)NN)c1. The molecule has 0 spiro atoms. The number of hydrogen-bond acceptors (Lipinski definition) is 5. The lowest BCUT2D eigenvalue weighted by Gasteiger charge is -2.15. The van der Waals surface area contributed by atoms with Gasteiger partial charge in [0.1, 0.15) is 5.75 Å². The van der Waals surface area contributed by atoms with Crippen LogP contribution in [-0.2, 0) is 6.42 Å². The topological polar surface area (TPSA) is 60.2 Å². The highest BCUT2D eigenvalue weighted by atomic mass is 32.1. The second kappa shape index (κ2) is 6.22. The van der Waals surface area contributed by atoms with Crippen LogP contribution in [0.15, 0.2) is 48.0 Å². The summed E-state index contributed by atoms with van der Waals surface area (Å²) in [6.45, 7) is 0. The van der Waals surface area contributed by atoms with Gasteiger partial charge >= 0.3 is 0 Å². The van der Waals surface area contributed by atoms with Crippen molar-refractivity contribution in [3.8, 4) is 5.75 Å². The van der Waals surface area contributed by atoms with Gasteiger partial charge in [-0.25, -0.2) is 0 Å². The first-order chi connectivity index (χ1) is 10.3. The molecule has 0 aliphatic rings. The number of para-hydroxylation sites is 1. The summed E-state index contributed by atoms with van der Waals surface area (Å²) in [6, 6.07) is 12.3. The number of methoxy groups -OCH3 is 1. The maximum Gasteiger partial charge on any atom is 0.129 e. The van der Waals surface area contributed by atoms with Crippen molar-refractivity contribution in [2.75, 3.05) is 7.11 Å². The zero-order valence-corrected chi connectivity index (χ0v) is 12.6. The number of pyridine rings is 1. The minimum absolute atomic E-state index is 0.0599. The number of hydrazine groups is 1. The summed E-state index contributed by atoms with van der Waals surface area (Å²) in [5.74, 6) is 6.62. The number of fused-ring (bicyclic) bond motifs is 1. The number of ether oxygens (including phenoxy) is 1. The summed E-state index contributed by atoms with van der Waals surface area (Å²) in [5.41, 5.74) is 5.14. The molecule has 3 aromatic rings. The van der Waals surface area contributed by atoms with E-state index < -0.39 is 0 Å². The van der Waals surface area contributed by atoms with E-state index in [0.29, 0.717) is 0 Å². The van der Waals surface area contributed by atoms with E-state index in [9.17, 15) is 0 Å². The van der Waals surface area contributed by atoms with Crippen molar-refractivity contribution in [3.63, 3.8) is 0 Å². The number of nitrogens with two attached hydrogens (primary N) is 1. The lowest BCUT2D eigenvalue weighted by Crippen LogP contribution is -2.29. The molecule has 1 atom stereocenters. The fourth-order valence-electron chi connectivity index (χ4n) is 2.42. The van der Waals surface area contributed by atoms with Crippen molar-refractivity contribution >= 4 is 22.2 Å². The molecule has 108 valence electrons. The Morgan fingerprint density at radius 1 is 1.33 bits per heavy atom. The van der Waals surface area contributed by atoms with Gasteiger partial charge in [0, 0.05) is 21.8 Å². The molecular formula is C16H17N3OS. The van der Waals surface area contributed by atoms with Crippen LogP contribution in [0.4, 0.5) is 0 Å². The van der Waals surface area contributed by atoms with Crippen molar-refractivity contribution < 1.29 is 4.74 Å². The number of thiophene rings is 1. The van der Waals surface area contributed by atoms with Gasteiger partial charge in [-0.05, 0) is 30.2 Å². The standard InChI is InChI=1S/C16H17N3OS/c1-20-12-9-16(21-10-12)15(19-17)8-11-6-7-18-14-5-3-2-4-13(11)14/h2-7,9-10,15,19H,8,17H2,1H3. The molecule has 1 unspecified atom stereocenters. The smallest absolute Gasteiger partial charge is 0.129 e. The van der Waals surface area contributed by atoms with E-state index in [1.54, 1.807) is 18.4 Å². The highest BCUT2D eigenvalue weighted by molar-refractivity contribution is 7.10. The first kappa shape index (κ1) is 14.0. The fourth-order valence-corrected chi connectivity index (χ4v) is 3.34. The quantitative estimate of drug-likeness (QED) is 0.561. The molecule has 0 fully saturated rings.